The van der Waals surface area contributed by atoms with Crippen LogP contribution in [0.15, 0.2) is 18.2 Å². The first-order valence-electron chi connectivity index (χ1n) is 7.38. The van der Waals surface area contributed by atoms with Crippen molar-refractivity contribution in [3.63, 3.8) is 0 Å². The first kappa shape index (κ1) is 13.9. The number of hydrogen-bond acceptors (Lipinski definition) is 1. The standard InChI is InChI=1S/C16H20ClFN2/c1-3-11-4-6-14(10(11)2)20-15-7-5-12(18)8-13(15)19-16(20)9-17/h5,7-8,10-11,14H,3-4,6,9H2,1-2H3. The van der Waals surface area contributed by atoms with Gasteiger partial charge in [0, 0.05) is 12.1 Å². The van der Waals surface area contributed by atoms with Crippen LogP contribution in [0.4, 0.5) is 4.39 Å². The Balaban J connectivity index is 2.10. The van der Waals surface area contributed by atoms with E-state index >= 15 is 0 Å². The maximum absolute atomic E-state index is 13.4. The third-order valence-corrected chi connectivity index (χ3v) is 5.12. The van der Waals surface area contributed by atoms with E-state index in [1.807, 2.05) is 6.07 Å². The summed E-state index contributed by atoms with van der Waals surface area (Å²) in [5.41, 5.74) is 1.73. The fourth-order valence-corrected chi connectivity index (χ4v) is 3.94. The molecule has 0 saturated heterocycles. The average Bonchev–Trinajstić information content (AvgIpc) is 2.97. The van der Waals surface area contributed by atoms with E-state index < -0.39 is 0 Å². The van der Waals surface area contributed by atoms with Gasteiger partial charge < -0.3 is 4.57 Å². The van der Waals surface area contributed by atoms with Crippen LogP contribution in [0.5, 0.6) is 0 Å². The van der Waals surface area contributed by atoms with E-state index in [4.69, 9.17) is 11.6 Å². The topological polar surface area (TPSA) is 17.8 Å². The molecule has 1 aromatic heterocycles. The summed E-state index contributed by atoms with van der Waals surface area (Å²) >= 11 is 6.06. The minimum Gasteiger partial charge on any atom is -0.324 e. The number of halogens is 2. The van der Waals surface area contributed by atoms with Crippen LogP contribution in [0.25, 0.3) is 11.0 Å². The highest BCUT2D eigenvalue weighted by molar-refractivity contribution is 6.16. The van der Waals surface area contributed by atoms with Crippen molar-refractivity contribution in [2.45, 2.75) is 45.0 Å². The predicted molar refractivity (Wildman–Crippen MR) is 80.5 cm³/mol. The Morgan fingerprint density at radius 1 is 1.40 bits per heavy atom. The second-order valence-corrected chi connectivity index (χ2v) is 6.10. The molecule has 1 fully saturated rings. The van der Waals surface area contributed by atoms with Gasteiger partial charge in [0.2, 0.25) is 0 Å². The largest absolute Gasteiger partial charge is 0.324 e. The van der Waals surface area contributed by atoms with Crippen LogP contribution in [0.3, 0.4) is 0 Å². The van der Waals surface area contributed by atoms with Crippen LogP contribution >= 0.6 is 11.6 Å². The Morgan fingerprint density at radius 2 is 2.20 bits per heavy atom. The van der Waals surface area contributed by atoms with E-state index in [0.29, 0.717) is 23.4 Å². The van der Waals surface area contributed by atoms with Gasteiger partial charge in [-0.1, -0.05) is 20.3 Å². The fraction of sp³-hybridized carbons (Fsp3) is 0.562. The molecular weight excluding hydrogens is 275 g/mol. The Bertz CT molecular complexity index is 622. The Labute approximate surface area is 123 Å². The van der Waals surface area contributed by atoms with Crippen molar-refractivity contribution in [2.24, 2.45) is 11.8 Å². The maximum Gasteiger partial charge on any atom is 0.125 e. The molecule has 1 heterocycles. The van der Waals surface area contributed by atoms with Crippen molar-refractivity contribution in [2.75, 3.05) is 0 Å². The molecule has 1 saturated carbocycles. The Hall–Kier alpha value is -1.09. The molecule has 0 radical (unpaired) electrons. The molecule has 0 aliphatic heterocycles. The number of aromatic nitrogens is 2. The van der Waals surface area contributed by atoms with Gasteiger partial charge in [-0.05, 0) is 36.8 Å². The quantitative estimate of drug-likeness (QED) is 0.735. The van der Waals surface area contributed by atoms with Gasteiger partial charge in [-0.3, -0.25) is 0 Å². The summed E-state index contributed by atoms with van der Waals surface area (Å²) in [7, 11) is 0. The van der Waals surface area contributed by atoms with Crippen LogP contribution in [-0.4, -0.2) is 9.55 Å². The molecule has 4 heteroatoms. The van der Waals surface area contributed by atoms with Crippen LogP contribution < -0.4 is 0 Å². The second kappa shape index (κ2) is 5.36. The zero-order chi connectivity index (χ0) is 14.3. The first-order chi connectivity index (χ1) is 9.65. The molecule has 3 rings (SSSR count). The monoisotopic (exact) mass is 294 g/mol. The Morgan fingerprint density at radius 3 is 2.85 bits per heavy atom. The SMILES string of the molecule is CCC1CCC(n2c(CCl)nc3cc(F)ccc32)C1C. The number of fused-ring (bicyclic) bond motifs is 1. The van der Waals surface area contributed by atoms with Crippen molar-refractivity contribution >= 4 is 22.6 Å². The molecule has 1 aliphatic carbocycles. The first-order valence-corrected chi connectivity index (χ1v) is 7.91. The molecule has 3 unspecified atom stereocenters. The van der Waals surface area contributed by atoms with E-state index in [2.05, 4.69) is 23.4 Å². The normalized spacial score (nSPS) is 26.5. The van der Waals surface area contributed by atoms with Crippen LogP contribution in [0.1, 0.15) is 45.0 Å². The third-order valence-electron chi connectivity index (χ3n) is 4.88. The fourth-order valence-electron chi connectivity index (χ4n) is 3.75. The third kappa shape index (κ3) is 2.12. The smallest absolute Gasteiger partial charge is 0.125 e. The molecule has 20 heavy (non-hydrogen) atoms. The van der Waals surface area contributed by atoms with Crippen molar-refractivity contribution in [1.29, 1.82) is 0 Å². The lowest BCUT2D eigenvalue weighted by atomic mass is 9.93. The van der Waals surface area contributed by atoms with Crippen molar-refractivity contribution in [3.05, 3.63) is 29.8 Å². The van der Waals surface area contributed by atoms with Gasteiger partial charge in [-0.15, -0.1) is 11.6 Å². The molecule has 3 atom stereocenters. The minimum atomic E-state index is -0.242. The van der Waals surface area contributed by atoms with Crippen molar-refractivity contribution < 1.29 is 4.39 Å². The van der Waals surface area contributed by atoms with Crippen molar-refractivity contribution in [3.8, 4) is 0 Å². The number of imidazole rings is 1. The van der Waals surface area contributed by atoms with Gasteiger partial charge in [0.05, 0.1) is 16.9 Å². The van der Waals surface area contributed by atoms with Crippen molar-refractivity contribution in [1.82, 2.24) is 9.55 Å². The number of benzene rings is 1. The zero-order valence-electron chi connectivity index (χ0n) is 11.9. The van der Waals surface area contributed by atoms with Gasteiger partial charge in [0.1, 0.15) is 11.6 Å². The summed E-state index contributed by atoms with van der Waals surface area (Å²) in [6, 6.07) is 5.28. The number of rotatable bonds is 3. The van der Waals surface area contributed by atoms with E-state index in [9.17, 15) is 4.39 Å². The molecule has 2 aromatic rings. The summed E-state index contributed by atoms with van der Waals surface area (Å²) in [5.74, 6) is 2.37. The highest BCUT2D eigenvalue weighted by Gasteiger charge is 2.34. The van der Waals surface area contributed by atoms with Gasteiger partial charge in [-0.2, -0.15) is 0 Å². The minimum absolute atomic E-state index is 0.242. The highest BCUT2D eigenvalue weighted by atomic mass is 35.5. The number of alkyl halides is 1. The Kier molecular flexibility index (Phi) is 3.72. The van der Waals surface area contributed by atoms with E-state index in [1.54, 1.807) is 0 Å². The molecule has 0 spiro atoms. The molecule has 1 aromatic carbocycles. The molecular formula is C16H20ClFN2. The summed E-state index contributed by atoms with van der Waals surface area (Å²) in [4.78, 5) is 4.51. The average molecular weight is 295 g/mol. The van der Waals surface area contributed by atoms with Gasteiger partial charge in [0.25, 0.3) is 0 Å². The van der Waals surface area contributed by atoms with E-state index in [1.165, 1.54) is 25.0 Å². The molecule has 0 amide bonds. The number of nitrogens with zero attached hydrogens (tertiary/aromatic N) is 2. The highest BCUT2D eigenvalue weighted by Crippen LogP contribution is 2.43. The van der Waals surface area contributed by atoms with Gasteiger partial charge in [-0.25, -0.2) is 9.37 Å². The number of hydrogen-bond donors (Lipinski definition) is 0. The van der Waals surface area contributed by atoms with Crippen LogP contribution in [-0.2, 0) is 5.88 Å². The van der Waals surface area contributed by atoms with Gasteiger partial charge in [0.15, 0.2) is 0 Å². The van der Waals surface area contributed by atoms with Gasteiger partial charge >= 0.3 is 0 Å². The lowest BCUT2D eigenvalue weighted by molar-refractivity contribution is 0.330. The van der Waals surface area contributed by atoms with E-state index in [-0.39, 0.29) is 5.82 Å². The summed E-state index contributed by atoms with van der Waals surface area (Å²) in [6.45, 7) is 4.58. The lowest BCUT2D eigenvalue weighted by Gasteiger charge is -2.23. The molecule has 0 N–H and O–H groups in total. The van der Waals surface area contributed by atoms with E-state index in [0.717, 1.165) is 23.7 Å². The zero-order valence-corrected chi connectivity index (χ0v) is 12.7. The maximum atomic E-state index is 13.4. The molecule has 0 bridgehead atoms. The summed E-state index contributed by atoms with van der Waals surface area (Å²) < 4.78 is 15.6. The van der Waals surface area contributed by atoms with Crippen LogP contribution in [0, 0.1) is 17.7 Å². The summed E-state index contributed by atoms with van der Waals surface area (Å²) in [5, 5.41) is 0. The molecule has 2 nitrogen and oxygen atoms in total. The lowest BCUT2D eigenvalue weighted by Crippen LogP contribution is -2.17. The summed E-state index contributed by atoms with van der Waals surface area (Å²) in [6.07, 6.45) is 3.63. The molecule has 1 aliphatic rings. The van der Waals surface area contributed by atoms with Crippen LogP contribution in [0.2, 0.25) is 0 Å². The predicted octanol–water partition coefficient (Wildman–Crippen LogP) is 4.91. The second-order valence-electron chi connectivity index (χ2n) is 5.84. The molecule has 108 valence electrons.